The smallest absolute Gasteiger partial charge is 0.276 e. The van der Waals surface area contributed by atoms with Crippen LogP contribution >= 0.6 is 0 Å². The van der Waals surface area contributed by atoms with Gasteiger partial charge in [-0.15, -0.1) is 0 Å². The maximum absolute atomic E-state index is 13.4. The highest BCUT2D eigenvalue weighted by atomic mass is 32.2. The van der Waals surface area contributed by atoms with E-state index >= 15 is 0 Å². The van der Waals surface area contributed by atoms with E-state index in [-0.39, 0.29) is 16.2 Å². The molecule has 2 amide bonds. The van der Waals surface area contributed by atoms with Crippen LogP contribution in [0, 0.1) is 11.6 Å². The number of carbonyl (C=O) groups excluding carboxylic acids is 2. The summed E-state index contributed by atoms with van der Waals surface area (Å²) >= 11 is 0. The number of benzene rings is 2. The monoisotopic (exact) mass is 413 g/mol. The van der Waals surface area contributed by atoms with E-state index in [1.54, 1.807) is 0 Å². The van der Waals surface area contributed by atoms with Gasteiger partial charge in [0.2, 0.25) is 10.0 Å². The van der Waals surface area contributed by atoms with Crippen LogP contribution in [-0.2, 0) is 14.8 Å². The van der Waals surface area contributed by atoms with Gasteiger partial charge in [-0.05, 0) is 30.3 Å². The van der Waals surface area contributed by atoms with Gasteiger partial charge in [0.25, 0.3) is 11.8 Å². The maximum atomic E-state index is 13.4. The molecule has 0 spiro atoms. The molecule has 0 aliphatic carbocycles. The van der Waals surface area contributed by atoms with Gasteiger partial charge in [0.15, 0.2) is 18.2 Å². The summed E-state index contributed by atoms with van der Waals surface area (Å²) in [6.45, 7) is -0.641. The molecule has 8 nitrogen and oxygen atoms in total. The number of carbonyl (C=O) groups is 2. The Kier molecular flexibility index (Phi) is 6.65. The first kappa shape index (κ1) is 21.3. The molecule has 0 saturated heterocycles. The third-order valence-corrected chi connectivity index (χ3v) is 5.25. The number of sulfonamides is 1. The summed E-state index contributed by atoms with van der Waals surface area (Å²) in [5.41, 5.74) is 4.12. The highest BCUT2D eigenvalue weighted by molar-refractivity contribution is 7.89. The lowest BCUT2D eigenvalue weighted by molar-refractivity contribution is -0.123. The van der Waals surface area contributed by atoms with Crippen molar-refractivity contribution in [3.8, 4) is 5.75 Å². The van der Waals surface area contributed by atoms with Gasteiger partial charge in [0.05, 0.1) is 4.90 Å². The zero-order valence-corrected chi connectivity index (χ0v) is 15.7. The van der Waals surface area contributed by atoms with Crippen LogP contribution in [0.4, 0.5) is 8.78 Å². The van der Waals surface area contributed by atoms with Gasteiger partial charge in [-0.1, -0.05) is 6.07 Å². The molecule has 2 aromatic rings. The number of nitrogens with one attached hydrogen (secondary N) is 2. The van der Waals surface area contributed by atoms with Crippen LogP contribution < -0.4 is 15.6 Å². The molecular formula is C17H17F2N3O5S. The fourth-order valence-corrected chi connectivity index (χ4v) is 2.93. The van der Waals surface area contributed by atoms with E-state index in [4.69, 9.17) is 4.74 Å². The third kappa shape index (κ3) is 5.24. The summed E-state index contributed by atoms with van der Waals surface area (Å²) in [7, 11) is -1.02. The lowest BCUT2D eigenvalue weighted by Gasteiger charge is -2.12. The van der Waals surface area contributed by atoms with Crippen molar-refractivity contribution in [1.82, 2.24) is 15.2 Å². The number of rotatable bonds is 6. The third-order valence-electron chi connectivity index (χ3n) is 3.44. The second-order valence-corrected chi connectivity index (χ2v) is 7.83. The Labute approximate surface area is 160 Å². The number of hydrogen-bond acceptors (Lipinski definition) is 5. The second-order valence-electron chi connectivity index (χ2n) is 5.68. The van der Waals surface area contributed by atoms with Crippen LogP contribution in [0.2, 0.25) is 0 Å². The molecule has 0 bridgehead atoms. The first-order valence-corrected chi connectivity index (χ1v) is 9.25. The van der Waals surface area contributed by atoms with Crippen molar-refractivity contribution < 1.29 is 31.5 Å². The average molecular weight is 413 g/mol. The van der Waals surface area contributed by atoms with Crippen LogP contribution in [-0.4, -0.2) is 45.2 Å². The van der Waals surface area contributed by atoms with Gasteiger partial charge in [-0.3, -0.25) is 20.4 Å². The Morgan fingerprint density at radius 3 is 2.43 bits per heavy atom. The van der Waals surface area contributed by atoms with Crippen molar-refractivity contribution in [2.75, 3.05) is 20.7 Å². The molecule has 0 radical (unpaired) electrons. The molecule has 2 N–H and O–H groups in total. The molecule has 0 aliphatic rings. The lowest BCUT2D eigenvalue weighted by Crippen LogP contribution is -2.43. The van der Waals surface area contributed by atoms with E-state index in [1.165, 1.54) is 32.3 Å². The first-order chi connectivity index (χ1) is 13.1. The normalized spacial score (nSPS) is 11.2. The van der Waals surface area contributed by atoms with Crippen LogP contribution in [0.1, 0.15) is 10.4 Å². The molecule has 0 atom stereocenters. The quantitative estimate of drug-likeness (QED) is 0.689. The number of ether oxygens (including phenoxy) is 1. The molecule has 0 unspecified atom stereocenters. The van der Waals surface area contributed by atoms with Crippen molar-refractivity contribution >= 4 is 21.8 Å². The molecule has 0 saturated carbocycles. The van der Waals surface area contributed by atoms with Gasteiger partial charge in [-0.2, -0.15) is 0 Å². The van der Waals surface area contributed by atoms with E-state index in [0.29, 0.717) is 6.07 Å². The molecule has 0 heterocycles. The minimum atomic E-state index is -3.73. The zero-order chi connectivity index (χ0) is 20.9. The summed E-state index contributed by atoms with van der Waals surface area (Å²) in [5, 5.41) is 0. The summed E-state index contributed by atoms with van der Waals surface area (Å²) in [5.74, 6) is -3.67. The van der Waals surface area contributed by atoms with E-state index < -0.39 is 40.1 Å². The molecule has 150 valence electrons. The number of hydrogen-bond donors (Lipinski definition) is 2. The van der Waals surface area contributed by atoms with E-state index in [2.05, 4.69) is 5.43 Å². The summed E-state index contributed by atoms with van der Waals surface area (Å²) in [6, 6.07) is 7.81. The summed E-state index contributed by atoms with van der Waals surface area (Å²) < 4.78 is 56.3. The molecule has 0 aliphatic heterocycles. The van der Waals surface area contributed by atoms with E-state index in [0.717, 1.165) is 22.5 Å². The van der Waals surface area contributed by atoms with E-state index in [9.17, 15) is 26.8 Å². The van der Waals surface area contributed by atoms with Crippen molar-refractivity contribution in [3.63, 3.8) is 0 Å². The number of amides is 2. The Hall–Kier alpha value is -3.05. The zero-order valence-electron chi connectivity index (χ0n) is 14.9. The Bertz CT molecular complexity index is 996. The van der Waals surface area contributed by atoms with Gasteiger partial charge in [0, 0.05) is 25.7 Å². The van der Waals surface area contributed by atoms with Gasteiger partial charge < -0.3 is 4.74 Å². The van der Waals surface area contributed by atoms with Crippen molar-refractivity contribution in [3.05, 3.63) is 59.7 Å². The van der Waals surface area contributed by atoms with Gasteiger partial charge in [-0.25, -0.2) is 21.5 Å². The summed E-state index contributed by atoms with van der Waals surface area (Å²) in [6.07, 6.45) is 0. The second kappa shape index (κ2) is 8.76. The van der Waals surface area contributed by atoms with Gasteiger partial charge in [0.1, 0.15) is 5.82 Å². The predicted molar refractivity (Wildman–Crippen MR) is 94.8 cm³/mol. The highest BCUT2D eigenvalue weighted by Gasteiger charge is 2.19. The molecule has 0 fully saturated rings. The summed E-state index contributed by atoms with van der Waals surface area (Å²) in [4.78, 5) is 23.7. The number of halogens is 2. The predicted octanol–water partition coefficient (Wildman–Crippen LogP) is 1.06. The number of hydrazine groups is 1. The van der Waals surface area contributed by atoms with Crippen LogP contribution in [0.5, 0.6) is 5.75 Å². The van der Waals surface area contributed by atoms with Crippen molar-refractivity contribution in [2.45, 2.75) is 4.90 Å². The van der Waals surface area contributed by atoms with Crippen molar-refractivity contribution in [1.29, 1.82) is 0 Å². The van der Waals surface area contributed by atoms with Gasteiger partial charge >= 0.3 is 0 Å². The minimum Gasteiger partial charge on any atom is -0.481 e. The molecule has 28 heavy (non-hydrogen) atoms. The van der Waals surface area contributed by atoms with Crippen LogP contribution in [0.15, 0.2) is 47.4 Å². The SMILES string of the molecule is CN(C)S(=O)(=O)c1cccc(C(=O)NNC(=O)COc2ccc(F)cc2F)c1. The molecular weight excluding hydrogens is 396 g/mol. The Morgan fingerprint density at radius 2 is 1.79 bits per heavy atom. The molecule has 2 rings (SSSR count). The van der Waals surface area contributed by atoms with Crippen LogP contribution in [0.3, 0.4) is 0 Å². The average Bonchev–Trinajstić information content (AvgIpc) is 2.65. The number of nitrogens with zero attached hydrogens (tertiary/aromatic N) is 1. The highest BCUT2D eigenvalue weighted by Crippen LogP contribution is 2.17. The lowest BCUT2D eigenvalue weighted by atomic mass is 10.2. The fraction of sp³-hybridized carbons (Fsp3) is 0.176. The maximum Gasteiger partial charge on any atom is 0.276 e. The minimum absolute atomic E-state index is 0.00581. The molecule has 11 heteroatoms. The standard InChI is InChI=1S/C17H17F2N3O5S/c1-22(2)28(25,26)13-5-3-4-11(8-13)17(24)21-20-16(23)10-27-15-7-6-12(18)9-14(15)19/h3-9H,10H2,1-2H3,(H,20,23)(H,21,24). The van der Waals surface area contributed by atoms with E-state index in [1.807, 2.05) is 5.43 Å². The Balaban J connectivity index is 1.94. The molecule has 2 aromatic carbocycles. The first-order valence-electron chi connectivity index (χ1n) is 7.81. The fourth-order valence-electron chi connectivity index (χ4n) is 1.98. The topological polar surface area (TPSA) is 105 Å². The molecule has 0 aromatic heterocycles. The van der Waals surface area contributed by atoms with Crippen LogP contribution in [0.25, 0.3) is 0 Å². The Morgan fingerprint density at radius 1 is 1.07 bits per heavy atom. The largest absolute Gasteiger partial charge is 0.481 e. The van der Waals surface area contributed by atoms with Crippen molar-refractivity contribution in [2.24, 2.45) is 0 Å².